The molecule has 0 aliphatic carbocycles. The van der Waals surface area contributed by atoms with Crippen LogP contribution in [0.3, 0.4) is 0 Å². The summed E-state index contributed by atoms with van der Waals surface area (Å²) in [5.41, 5.74) is 12.2. The Labute approximate surface area is 77.7 Å². The van der Waals surface area contributed by atoms with Crippen LogP contribution in [0, 0.1) is 5.82 Å². The molecule has 4 N–H and O–H groups in total. The maximum atomic E-state index is 12.9. The van der Waals surface area contributed by atoms with Gasteiger partial charge in [-0.2, -0.15) is 0 Å². The zero-order chi connectivity index (χ0) is 9.84. The minimum absolute atomic E-state index is 0.127. The summed E-state index contributed by atoms with van der Waals surface area (Å²) < 4.78 is 12.9. The number of rotatable bonds is 3. The fraction of sp³-hybridized carbons (Fsp3) is 0.400. The molecule has 1 rings (SSSR count). The maximum absolute atomic E-state index is 12.9. The molecule has 0 heterocycles. The average molecular weight is 182 g/mol. The number of nitrogen functional groups attached to an aromatic ring is 1. The first kappa shape index (κ1) is 9.99. The number of hydrogen-bond donors (Lipinski definition) is 2. The summed E-state index contributed by atoms with van der Waals surface area (Å²) in [7, 11) is 0. The van der Waals surface area contributed by atoms with Gasteiger partial charge in [0.1, 0.15) is 5.82 Å². The van der Waals surface area contributed by atoms with Gasteiger partial charge < -0.3 is 11.5 Å². The fourth-order valence-corrected chi connectivity index (χ4v) is 1.18. The number of hydrogen-bond acceptors (Lipinski definition) is 2. The largest absolute Gasteiger partial charge is 0.396 e. The molecule has 0 radical (unpaired) electrons. The summed E-state index contributed by atoms with van der Waals surface area (Å²) in [5.74, 6) is -0.345. The lowest BCUT2D eigenvalue weighted by molar-refractivity contribution is 0.625. The molecule has 1 atom stereocenters. The molecule has 0 bridgehead atoms. The van der Waals surface area contributed by atoms with E-state index in [0.717, 1.165) is 18.4 Å². The molecule has 1 aromatic carbocycles. The van der Waals surface area contributed by atoms with E-state index in [1.54, 1.807) is 6.07 Å². The molecule has 2 nitrogen and oxygen atoms in total. The predicted molar refractivity (Wildman–Crippen MR) is 52.8 cm³/mol. The number of benzene rings is 1. The van der Waals surface area contributed by atoms with Gasteiger partial charge in [-0.15, -0.1) is 0 Å². The molecule has 0 aromatic heterocycles. The molecule has 0 saturated heterocycles. The van der Waals surface area contributed by atoms with Crippen LogP contribution in [-0.2, 0) is 6.42 Å². The normalized spacial score (nSPS) is 12.8. The minimum Gasteiger partial charge on any atom is -0.396 e. The lowest BCUT2D eigenvalue weighted by Crippen LogP contribution is -2.15. The van der Waals surface area contributed by atoms with Gasteiger partial charge in [0.2, 0.25) is 0 Å². The molecule has 0 fully saturated rings. The summed E-state index contributed by atoms with van der Waals surface area (Å²) in [5, 5.41) is 0. The monoisotopic (exact) mass is 182 g/mol. The van der Waals surface area contributed by atoms with Crippen molar-refractivity contribution >= 4 is 5.69 Å². The Morgan fingerprint density at radius 1 is 1.46 bits per heavy atom. The molecule has 0 aliphatic heterocycles. The molecular formula is C10H15FN2. The molecule has 1 unspecified atom stereocenters. The minimum atomic E-state index is -0.345. The van der Waals surface area contributed by atoms with Gasteiger partial charge >= 0.3 is 0 Å². The Hall–Kier alpha value is -1.09. The van der Waals surface area contributed by atoms with Crippen molar-refractivity contribution in [1.82, 2.24) is 0 Å². The van der Waals surface area contributed by atoms with Crippen molar-refractivity contribution in [2.24, 2.45) is 5.73 Å². The van der Waals surface area contributed by atoms with Crippen molar-refractivity contribution in [3.8, 4) is 0 Å². The van der Waals surface area contributed by atoms with Gasteiger partial charge in [-0.3, -0.25) is 0 Å². The Balaban J connectivity index is 2.71. The highest BCUT2D eigenvalue weighted by molar-refractivity contribution is 5.47. The topological polar surface area (TPSA) is 52.0 Å². The second-order valence-corrected chi connectivity index (χ2v) is 3.33. The van der Waals surface area contributed by atoms with E-state index in [1.165, 1.54) is 6.07 Å². The van der Waals surface area contributed by atoms with Gasteiger partial charge in [-0.05, 0) is 31.4 Å². The van der Waals surface area contributed by atoms with Crippen LogP contribution in [0.1, 0.15) is 18.9 Å². The molecule has 13 heavy (non-hydrogen) atoms. The number of aryl methyl sites for hydroxylation is 1. The number of halogens is 1. The highest BCUT2D eigenvalue weighted by Crippen LogP contribution is 2.17. The first-order valence-electron chi connectivity index (χ1n) is 4.39. The van der Waals surface area contributed by atoms with Gasteiger partial charge in [-0.1, -0.05) is 12.1 Å². The first-order valence-corrected chi connectivity index (χ1v) is 4.39. The average Bonchev–Trinajstić information content (AvgIpc) is 2.07. The second kappa shape index (κ2) is 4.23. The third kappa shape index (κ3) is 2.70. The highest BCUT2D eigenvalue weighted by Gasteiger charge is 2.04. The summed E-state index contributed by atoms with van der Waals surface area (Å²) in [4.78, 5) is 0. The number of nitrogens with two attached hydrogens (primary N) is 2. The lowest BCUT2D eigenvalue weighted by Gasteiger charge is -2.07. The van der Waals surface area contributed by atoms with Gasteiger partial charge in [0, 0.05) is 6.04 Å². The van der Waals surface area contributed by atoms with Gasteiger partial charge in [0.25, 0.3) is 0 Å². The number of anilines is 1. The molecule has 1 aromatic rings. The van der Waals surface area contributed by atoms with E-state index < -0.39 is 0 Å². The van der Waals surface area contributed by atoms with Gasteiger partial charge in [0.15, 0.2) is 0 Å². The summed E-state index contributed by atoms with van der Waals surface area (Å²) >= 11 is 0. The third-order valence-electron chi connectivity index (χ3n) is 2.01. The molecule has 72 valence electrons. The molecular weight excluding hydrogens is 167 g/mol. The van der Waals surface area contributed by atoms with Crippen molar-refractivity contribution in [2.45, 2.75) is 25.8 Å². The summed E-state index contributed by atoms with van der Waals surface area (Å²) in [6.45, 7) is 1.93. The van der Waals surface area contributed by atoms with Crippen LogP contribution < -0.4 is 11.5 Å². The SMILES string of the molecule is CC(N)CCc1cccc(F)c1N. The Morgan fingerprint density at radius 2 is 2.15 bits per heavy atom. The van der Waals surface area contributed by atoms with Crippen molar-refractivity contribution in [3.63, 3.8) is 0 Å². The van der Waals surface area contributed by atoms with Crippen molar-refractivity contribution < 1.29 is 4.39 Å². The van der Waals surface area contributed by atoms with Crippen LogP contribution >= 0.6 is 0 Å². The zero-order valence-corrected chi connectivity index (χ0v) is 7.76. The third-order valence-corrected chi connectivity index (χ3v) is 2.01. The van der Waals surface area contributed by atoms with Crippen molar-refractivity contribution in [2.75, 3.05) is 5.73 Å². The molecule has 3 heteroatoms. The van der Waals surface area contributed by atoms with Crippen molar-refractivity contribution in [3.05, 3.63) is 29.6 Å². The van der Waals surface area contributed by atoms with Crippen LogP contribution in [0.2, 0.25) is 0 Å². The van der Waals surface area contributed by atoms with Crippen LogP contribution in [0.4, 0.5) is 10.1 Å². The van der Waals surface area contributed by atoms with Crippen LogP contribution in [0.5, 0.6) is 0 Å². The first-order chi connectivity index (χ1) is 6.11. The Morgan fingerprint density at radius 3 is 2.77 bits per heavy atom. The van der Waals surface area contributed by atoms with E-state index in [9.17, 15) is 4.39 Å². The molecule has 0 amide bonds. The smallest absolute Gasteiger partial charge is 0.146 e. The van der Waals surface area contributed by atoms with E-state index >= 15 is 0 Å². The second-order valence-electron chi connectivity index (χ2n) is 3.33. The lowest BCUT2D eigenvalue weighted by atomic mass is 10.0. The van der Waals surface area contributed by atoms with E-state index in [2.05, 4.69) is 0 Å². The standard InChI is InChI=1S/C10H15FN2/c1-7(12)5-6-8-3-2-4-9(11)10(8)13/h2-4,7H,5-6,12-13H2,1H3. The highest BCUT2D eigenvalue weighted by atomic mass is 19.1. The van der Waals surface area contributed by atoms with E-state index in [4.69, 9.17) is 11.5 Å². The van der Waals surface area contributed by atoms with Crippen LogP contribution in [0.15, 0.2) is 18.2 Å². The molecule has 0 spiro atoms. The quantitative estimate of drug-likeness (QED) is 0.699. The fourth-order valence-electron chi connectivity index (χ4n) is 1.18. The van der Waals surface area contributed by atoms with Gasteiger partial charge in [-0.25, -0.2) is 4.39 Å². The zero-order valence-electron chi connectivity index (χ0n) is 7.76. The molecule has 0 saturated carbocycles. The maximum Gasteiger partial charge on any atom is 0.146 e. The predicted octanol–water partition coefficient (Wildman–Crippen LogP) is 1.69. The Bertz CT molecular complexity index is 284. The van der Waals surface area contributed by atoms with Crippen LogP contribution in [-0.4, -0.2) is 6.04 Å². The van der Waals surface area contributed by atoms with E-state index in [-0.39, 0.29) is 17.5 Å². The van der Waals surface area contributed by atoms with E-state index in [0.29, 0.717) is 0 Å². The van der Waals surface area contributed by atoms with Crippen molar-refractivity contribution in [1.29, 1.82) is 0 Å². The summed E-state index contributed by atoms with van der Waals surface area (Å²) in [6.07, 6.45) is 1.56. The summed E-state index contributed by atoms with van der Waals surface area (Å²) in [6, 6.07) is 5.00. The molecule has 0 aliphatic rings. The van der Waals surface area contributed by atoms with Gasteiger partial charge in [0.05, 0.1) is 5.69 Å². The van der Waals surface area contributed by atoms with Crippen LogP contribution in [0.25, 0.3) is 0 Å². The number of para-hydroxylation sites is 1. The Kier molecular flexibility index (Phi) is 3.25. The van der Waals surface area contributed by atoms with E-state index in [1.807, 2.05) is 13.0 Å².